The number of ether oxygens (including phenoxy) is 2. The van der Waals surface area contributed by atoms with E-state index < -0.39 is 10.0 Å². The maximum Gasteiger partial charge on any atom is 0.306 e. The van der Waals surface area contributed by atoms with Crippen LogP contribution in [0.1, 0.15) is 38.1 Å². The molecule has 0 aliphatic carbocycles. The van der Waals surface area contributed by atoms with Crippen LogP contribution in [0.25, 0.3) is 11.0 Å². The van der Waals surface area contributed by atoms with Gasteiger partial charge in [0, 0.05) is 27.1 Å². The third kappa shape index (κ3) is 5.72. The fourth-order valence-corrected chi connectivity index (χ4v) is 4.50. The number of fused-ring (bicyclic) bond motifs is 1. The SMILES string of the molecule is CCCn1c(COC(=O)CCc2ccccc2OCC)nc2cc(S(=O)(=O)N(C)C)ccc21. The molecule has 33 heavy (non-hydrogen) atoms. The van der Waals surface area contributed by atoms with E-state index in [1.807, 2.05) is 42.7 Å². The predicted octanol–water partition coefficient (Wildman–Crippen LogP) is 3.77. The van der Waals surface area contributed by atoms with E-state index >= 15 is 0 Å². The van der Waals surface area contributed by atoms with Crippen molar-refractivity contribution in [3.63, 3.8) is 0 Å². The fraction of sp³-hybridized carbons (Fsp3) is 0.417. The van der Waals surface area contributed by atoms with Gasteiger partial charge in [0.2, 0.25) is 10.0 Å². The van der Waals surface area contributed by atoms with Crippen molar-refractivity contribution in [1.29, 1.82) is 0 Å². The molecule has 0 saturated carbocycles. The first kappa shape index (κ1) is 24.7. The highest BCUT2D eigenvalue weighted by atomic mass is 32.2. The molecule has 0 bridgehead atoms. The monoisotopic (exact) mass is 473 g/mol. The lowest BCUT2D eigenvalue weighted by molar-refractivity contribution is -0.145. The molecule has 0 aliphatic rings. The number of para-hydroxylation sites is 1. The van der Waals surface area contributed by atoms with Crippen molar-refractivity contribution in [3.8, 4) is 5.75 Å². The van der Waals surface area contributed by atoms with Crippen molar-refractivity contribution in [3.05, 3.63) is 53.9 Å². The van der Waals surface area contributed by atoms with Crippen molar-refractivity contribution in [2.24, 2.45) is 0 Å². The van der Waals surface area contributed by atoms with Gasteiger partial charge in [-0.3, -0.25) is 4.79 Å². The van der Waals surface area contributed by atoms with Crippen LogP contribution in [0.4, 0.5) is 0 Å². The summed E-state index contributed by atoms with van der Waals surface area (Å²) in [6.07, 6.45) is 1.60. The molecule has 0 atom stereocenters. The largest absolute Gasteiger partial charge is 0.494 e. The smallest absolute Gasteiger partial charge is 0.306 e. The van der Waals surface area contributed by atoms with Gasteiger partial charge in [-0.05, 0) is 49.6 Å². The second kappa shape index (κ2) is 10.8. The van der Waals surface area contributed by atoms with E-state index in [1.54, 1.807) is 18.2 Å². The summed E-state index contributed by atoms with van der Waals surface area (Å²) in [4.78, 5) is 17.2. The number of benzene rings is 2. The van der Waals surface area contributed by atoms with E-state index in [0.717, 1.165) is 23.3 Å². The number of rotatable bonds is 11. The van der Waals surface area contributed by atoms with Crippen LogP contribution in [0, 0.1) is 0 Å². The third-order valence-electron chi connectivity index (χ3n) is 5.26. The van der Waals surface area contributed by atoms with Gasteiger partial charge in [-0.1, -0.05) is 25.1 Å². The van der Waals surface area contributed by atoms with Crippen LogP contribution in [-0.4, -0.2) is 48.9 Å². The normalized spacial score (nSPS) is 11.8. The van der Waals surface area contributed by atoms with Gasteiger partial charge in [-0.25, -0.2) is 17.7 Å². The van der Waals surface area contributed by atoms with Crippen molar-refractivity contribution in [1.82, 2.24) is 13.9 Å². The lowest BCUT2D eigenvalue weighted by atomic mass is 10.1. The molecular formula is C24H31N3O5S. The lowest BCUT2D eigenvalue weighted by Crippen LogP contribution is -2.22. The van der Waals surface area contributed by atoms with Gasteiger partial charge in [0.25, 0.3) is 0 Å². The molecule has 0 N–H and O–H groups in total. The molecule has 0 aliphatic heterocycles. The van der Waals surface area contributed by atoms with Crippen molar-refractivity contribution >= 4 is 27.0 Å². The molecule has 178 valence electrons. The van der Waals surface area contributed by atoms with Gasteiger partial charge in [-0.15, -0.1) is 0 Å². The molecule has 1 aromatic heterocycles. The molecule has 2 aromatic carbocycles. The summed E-state index contributed by atoms with van der Waals surface area (Å²) in [6, 6.07) is 12.6. The number of hydrogen-bond acceptors (Lipinski definition) is 6. The Morgan fingerprint density at radius 1 is 1.12 bits per heavy atom. The molecule has 0 amide bonds. The van der Waals surface area contributed by atoms with E-state index in [-0.39, 0.29) is 23.9 Å². The van der Waals surface area contributed by atoms with Gasteiger partial charge < -0.3 is 14.0 Å². The molecule has 9 heteroatoms. The molecule has 0 radical (unpaired) electrons. The van der Waals surface area contributed by atoms with E-state index in [0.29, 0.717) is 30.9 Å². The van der Waals surface area contributed by atoms with Crippen molar-refractivity contribution in [2.45, 2.75) is 51.2 Å². The van der Waals surface area contributed by atoms with E-state index in [4.69, 9.17) is 9.47 Å². The van der Waals surface area contributed by atoms with Crippen LogP contribution in [-0.2, 0) is 39.1 Å². The van der Waals surface area contributed by atoms with Crippen LogP contribution in [0.2, 0.25) is 0 Å². The minimum absolute atomic E-state index is 0.0242. The second-order valence-electron chi connectivity index (χ2n) is 7.82. The van der Waals surface area contributed by atoms with Gasteiger partial charge >= 0.3 is 5.97 Å². The highest BCUT2D eigenvalue weighted by molar-refractivity contribution is 7.89. The first-order chi connectivity index (χ1) is 15.8. The molecule has 3 rings (SSSR count). The number of hydrogen-bond donors (Lipinski definition) is 0. The molecular weight excluding hydrogens is 442 g/mol. The first-order valence-electron chi connectivity index (χ1n) is 11.1. The zero-order valence-electron chi connectivity index (χ0n) is 19.6. The van der Waals surface area contributed by atoms with Crippen LogP contribution < -0.4 is 4.74 Å². The Balaban J connectivity index is 1.74. The Morgan fingerprint density at radius 3 is 2.58 bits per heavy atom. The van der Waals surface area contributed by atoms with Crippen LogP contribution >= 0.6 is 0 Å². The molecule has 0 saturated heterocycles. The van der Waals surface area contributed by atoms with Gasteiger partial charge in [0.1, 0.15) is 18.2 Å². The summed E-state index contributed by atoms with van der Waals surface area (Å²) >= 11 is 0. The summed E-state index contributed by atoms with van der Waals surface area (Å²) in [5.41, 5.74) is 2.33. The number of aromatic nitrogens is 2. The van der Waals surface area contributed by atoms with E-state index in [1.165, 1.54) is 18.4 Å². The average Bonchev–Trinajstić information content (AvgIpc) is 3.14. The fourth-order valence-electron chi connectivity index (χ4n) is 3.57. The van der Waals surface area contributed by atoms with Gasteiger partial charge in [0.05, 0.1) is 22.5 Å². The zero-order valence-corrected chi connectivity index (χ0v) is 20.4. The number of esters is 1. The molecule has 8 nitrogen and oxygen atoms in total. The van der Waals surface area contributed by atoms with E-state index in [9.17, 15) is 13.2 Å². The number of carbonyl (C=O) groups excluding carboxylic acids is 1. The lowest BCUT2D eigenvalue weighted by Gasteiger charge is -2.11. The minimum atomic E-state index is -3.56. The number of sulfonamides is 1. The van der Waals surface area contributed by atoms with Crippen LogP contribution in [0.3, 0.4) is 0 Å². The predicted molar refractivity (Wildman–Crippen MR) is 127 cm³/mol. The molecule has 0 fully saturated rings. The highest BCUT2D eigenvalue weighted by Crippen LogP contribution is 2.23. The van der Waals surface area contributed by atoms with Crippen LogP contribution in [0.15, 0.2) is 47.4 Å². The number of carbonyl (C=O) groups is 1. The number of imidazole rings is 1. The maximum atomic E-state index is 12.5. The highest BCUT2D eigenvalue weighted by Gasteiger charge is 2.20. The Hall–Kier alpha value is -2.91. The average molecular weight is 474 g/mol. The first-order valence-corrected chi connectivity index (χ1v) is 12.5. The van der Waals surface area contributed by atoms with Gasteiger partial charge in [0.15, 0.2) is 0 Å². The van der Waals surface area contributed by atoms with Crippen molar-refractivity contribution in [2.75, 3.05) is 20.7 Å². The quantitative estimate of drug-likeness (QED) is 0.394. The third-order valence-corrected chi connectivity index (χ3v) is 7.07. The number of nitrogens with zero attached hydrogens (tertiary/aromatic N) is 3. The Kier molecular flexibility index (Phi) is 8.10. The Morgan fingerprint density at radius 2 is 1.88 bits per heavy atom. The summed E-state index contributed by atoms with van der Waals surface area (Å²) in [5.74, 6) is 1.04. The zero-order chi connectivity index (χ0) is 24.0. The van der Waals surface area contributed by atoms with Crippen LogP contribution in [0.5, 0.6) is 5.75 Å². The maximum absolute atomic E-state index is 12.5. The minimum Gasteiger partial charge on any atom is -0.494 e. The number of aryl methyl sites for hydroxylation is 2. The van der Waals surface area contributed by atoms with Crippen molar-refractivity contribution < 1.29 is 22.7 Å². The summed E-state index contributed by atoms with van der Waals surface area (Å²) in [6.45, 7) is 5.24. The Labute approximate surface area is 195 Å². The molecule has 1 heterocycles. The van der Waals surface area contributed by atoms with Gasteiger partial charge in [-0.2, -0.15) is 0 Å². The summed E-state index contributed by atoms with van der Waals surface area (Å²) < 4.78 is 39.2. The molecule has 3 aromatic rings. The standard InChI is InChI=1S/C24H31N3O5S/c1-5-15-27-21-13-12-19(33(29,30)26(3)4)16-20(21)25-23(27)17-32-24(28)14-11-18-9-7-8-10-22(18)31-6-2/h7-10,12-13,16H,5-6,11,14-15,17H2,1-4H3. The Bertz CT molecular complexity index is 1220. The van der Waals surface area contributed by atoms with E-state index in [2.05, 4.69) is 4.98 Å². The molecule has 0 unspecified atom stereocenters. The topological polar surface area (TPSA) is 90.7 Å². The second-order valence-corrected chi connectivity index (χ2v) is 9.97. The summed E-state index contributed by atoms with van der Waals surface area (Å²) in [7, 11) is -0.577. The summed E-state index contributed by atoms with van der Waals surface area (Å²) in [5, 5.41) is 0. The molecule has 0 spiro atoms.